The largest absolute Gasteiger partial charge is 0.464 e. The van der Waals surface area contributed by atoms with E-state index in [1.807, 2.05) is 24.3 Å². The number of amides is 1. The van der Waals surface area contributed by atoms with E-state index in [-0.39, 0.29) is 11.9 Å². The van der Waals surface area contributed by atoms with Gasteiger partial charge in [0.15, 0.2) is 0 Å². The minimum atomic E-state index is -0.0564. The third kappa shape index (κ3) is 4.04. The molecule has 1 aromatic carbocycles. The predicted molar refractivity (Wildman–Crippen MR) is 92.8 cm³/mol. The monoisotopic (exact) mass is 328 g/mol. The minimum Gasteiger partial charge on any atom is -0.464 e. The van der Waals surface area contributed by atoms with Gasteiger partial charge in [-0.1, -0.05) is 19.1 Å². The standard InChI is InChI=1S/C19H24N2O3/c1-3-17-7-8-19(24-17)18-13-23-10-9-21(18)12-15-5-4-6-16(11-15)20-14(2)22/h4-8,11,18H,3,9-10,12-13H2,1-2H3,(H,20,22)/t18-/m0/s1. The summed E-state index contributed by atoms with van der Waals surface area (Å²) < 4.78 is 11.6. The number of hydrogen-bond donors (Lipinski definition) is 1. The maximum Gasteiger partial charge on any atom is 0.221 e. The van der Waals surface area contributed by atoms with Crippen molar-refractivity contribution >= 4 is 11.6 Å². The van der Waals surface area contributed by atoms with E-state index in [9.17, 15) is 4.79 Å². The van der Waals surface area contributed by atoms with Crippen LogP contribution in [0, 0.1) is 0 Å². The molecule has 2 aromatic rings. The molecule has 1 atom stereocenters. The van der Waals surface area contributed by atoms with Crippen LogP contribution < -0.4 is 5.32 Å². The Morgan fingerprint density at radius 2 is 2.21 bits per heavy atom. The molecule has 0 spiro atoms. The lowest BCUT2D eigenvalue weighted by Crippen LogP contribution is -2.38. The Kier molecular flexibility index (Phi) is 5.33. The molecule has 5 heteroatoms. The van der Waals surface area contributed by atoms with Gasteiger partial charge in [-0.3, -0.25) is 9.69 Å². The molecule has 1 N–H and O–H groups in total. The van der Waals surface area contributed by atoms with Crippen molar-refractivity contribution in [2.45, 2.75) is 32.9 Å². The van der Waals surface area contributed by atoms with Crippen LogP contribution >= 0.6 is 0 Å². The highest BCUT2D eigenvalue weighted by Gasteiger charge is 2.27. The Morgan fingerprint density at radius 3 is 2.96 bits per heavy atom. The first-order valence-electron chi connectivity index (χ1n) is 8.42. The van der Waals surface area contributed by atoms with Gasteiger partial charge in [0.1, 0.15) is 11.5 Å². The van der Waals surface area contributed by atoms with Crippen LogP contribution in [0.25, 0.3) is 0 Å². The average Bonchev–Trinajstić information content (AvgIpc) is 3.04. The number of carbonyl (C=O) groups excluding carboxylic acids is 1. The molecule has 0 unspecified atom stereocenters. The van der Waals surface area contributed by atoms with E-state index < -0.39 is 0 Å². The summed E-state index contributed by atoms with van der Waals surface area (Å²) in [4.78, 5) is 13.6. The zero-order valence-electron chi connectivity index (χ0n) is 14.2. The van der Waals surface area contributed by atoms with Gasteiger partial charge in [-0.05, 0) is 29.8 Å². The summed E-state index contributed by atoms with van der Waals surface area (Å²) in [6, 6.07) is 12.2. The normalized spacial score (nSPS) is 18.5. The van der Waals surface area contributed by atoms with Crippen molar-refractivity contribution < 1.29 is 13.9 Å². The molecular formula is C19H24N2O3. The van der Waals surface area contributed by atoms with E-state index in [2.05, 4.69) is 29.3 Å². The Labute approximate surface area is 142 Å². The van der Waals surface area contributed by atoms with Crippen molar-refractivity contribution in [1.29, 1.82) is 0 Å². The van der Waals surface area contributed by atoms with Gasteiger partial charge in [-0.2, -0.15) is 0 Å². The van der Waals surface area contributed by atoms with Gasteiger partial charge in [0.25, 0.3) is 0 Å². The van der Waals surface area contributed by atoms with Crippen LogP contribution in [0.1, 0.15) is 37.0 Å². The highest BCUT2D eigenvalue weighted by atomic mass is 16.5. The van der Waals surface area contributed by atoms with E-state index in [0.29, 0.717) is 6.61 Å². The van der Waals surface area contributed by atoms with Crippen molar-refractivity contribution in [3.8, 4) is 0 Å². The lowest BCUT2D eigenvalue weighted by Gasteiger charge is -2.34. The first-order chi connectivity index (χ1) is 11.7. The van der Waals surface area contributed by atoms with E-state index in [0.717, 1.165) is 48.9 Å². The number of ether oxygens (including phenoxy) is 1. The number of furan rings is 1. The summed E-state index contributed by atoms with van der Waals surface area (Å²) in [5.74, 6) is 1.91. The van der Waals surface area contributed by atoms with Crippen molar-refractivity contribution in [2.24, 2.45) is 0 Å². The quantitative estimate of drug-likeness (QED) is 0.914. The van der Waals surface area contributed by atoms with Crippen LogP contribution in [-0.2, 0) is 22.5 Å². The third-order valence-electron chi connectivity index (χ3n) is 4.23. The lowest BCUT2D eigenvalue weighted by molar-refractivity contribution is -0.114. The van der Waals surface area contributed by atoms with Gasteiger partial charge in [-0.15, -0.1) is 0 Å². The first kappa shape index (κ1) is 16.7. The van der Waals surface area contributed by atoms with Gasteiger partial charge < -0.3 is 14.5 Å². The Hall–Kier alpha value is -2.11. The van der Waals surface area contributed by atoms with E-state index in [1.54, 1.807) is 0 Å². The number of aryl methyl sites for hydroxylation is 1. The molecule has 0 saturated carbocycles. The zero-order valence-corrected chi connectivity index (χ0v) is 14.2. The highest BCUT2D eigenvalue weighted by Crippen LogP contribution is 2.28. The predicted octanol–water partition coefficient (Wildman–Crippen LogP) is 3.37. The van der Waals surface area contributed by atoms with Gasteiger partial charge in [-0.25, -0.2) is 0 Å². The molecule has 1 aliphatic heterocycles. The highest BCUT2D eigenvalue weighted by molar-refractivity contribution is 5.88. The summed E-state index contributed by atoms with van der Waals surface area (Å²) >= 11 is 0. The summed E-state index contributed by atoms with van der Waals surface area (Å²) in [7, 11) is 0. The molecule has 1 aliphatic rings. The summed E-state index contributed by atoms with van der Waals surface area (Å²) in [6.07, 6.45) is 0.895. The second kappa shape index (κ2) is 7.64. The number of carbonyl (C=O) groups is 1. The number of nitrogens with zero attached hydrogens (tertiary/aromatic N) is 1. The van der Waals surface area contributed by atoms with Crippen molar-refractivity contribution in [3.63, 3.8) is 0 Å². The number of benzene rings is 1. The number of hydrogen-bond acceptors (Lipinski definition) is 4. The maximum absolute atomic E-state index is 11.2. The molecule has 0 bridgehead atoms. The number of nitrogens with one attached hydrogen (secondary N) is 1. The Morgan fingerprint density at radius 1 is 1.33 bits per heavy atom. The summed E-state index contributed by atoms with van der Waals surface area (Å²) in [5.41, 5.74) is 1.99. The Bertz CT molecular complexity index is 695. The van der Waals surface area contributed by atoms with Gasteiger partial charge >= 0.3 is 0 Å². The molecule has 1 aromatic heterocycles. The molecule has 1 amide bonds. The SMILES string of the molecule is CCc1ccc([C@@H]2COCCN2Cc2cccc(NC(C)=O)c2)o1. The topological polar surface area (TPSA) is 54.7 Å². The fourth-order valence-electron chi connectivity index (χ4n) is 3.04. The Balaban J connectivity index is 1.75. The molecule has 0 aliphatic carbocycles. The molecule has 2 heterocycles. The van der Waals surface area contributed by atoms with Crippen molar-refractivity contribution in [2.75, 3.05) is 25.1 Å². The van der Waals surface area contributed by atoms with Crippen molar-refractivity contribution in [3.05, 3.63) is 53.5 Å². The maximum atomic E-state index is 11.2. The molecule has 3 rings (SSSR count). The lowest BCUT2D eigenvalue weighted by atomic mass is 10.1. The third-order valence-corrected chi connectivity index (χ3v) is 4.23. The fourth-order valence-corrected chi connectivity index (χ4v) is 3.04. The van der Waals surface area contributed by atoms with E-state index in [4.69, 9.17) is 9.15 Å². The molecule has 128 valence electrons. The van der Waals surface area contributed by atoms with Gasteiger partial charge in [0.05, 0.1) is 19.3 Å². The number of anilines is 1. The second-order valence-electron chi connectivity index (χ2n) is 6.10. The smallest absolute Gasteiger partial charge is 0.221 e. The van der Waals surface area contributed by atoms with Crippen LogP contribution in [0.5, 0.6) is 0 Å². The molecule has 5 nitrogen and oxygen atoms in total. The molecule has 1 fully saturated rings. The van der Waals surface area contributed by atoms with Crippen LogP contribution in [0.4, 0.5) is 5.69 Å². The molecule has 0 radical (unpaired) electrons. The van der Waals surface area contributed by atoms with Crippen LogP contribution in [-0.4, -0.2) is 30.6 Å². The number of morpholine rings is 1. The summed E-state index contributed by atoms with van der Waals surface area (Å²) in [6.45, 7) is 6.63. The first-order valence-corrected chi connectivity index (χ1v) is 8.42. The van der Waals surface area contributed by atoms with Gasteiger partial charge in [0, 0.05) is 32.1 Å². The number of rotatable bonds is 5. The summed E-state index contributed by atoms with van der Waals surface area (Å²) in [5, 5.41) is 2.84. The van der Waals surface area contributed by atoms with Crippen LogP contribution in [0.15, 0.2) is 40.8 Å². The average molecular weight is 328 g/mol. The fraction of sp³-hybridized carbons (Fsp3) is 0.421. The molecule has 24 heavy (non-hydrogen) atoms. The molecule has 1 saturated heterocycles. The van der Waals surface area contributed by atoms with Gasteiger partial charge in [0.2, 0.25) is 5.91 Å². The minimum absolute atomic E-state index is 0.0564. The zero-order chi connectivity index (χ0) is 16.9. The van der Waals surface area contributed by atoms with Crippen molar-refractivity contribution in [1.82, 2.24) is 4.90 Å². The van der Waals surface area contributed by atoms with Crippen LogP contribution in [0.2, 0.25) is 0 Å². The molecular weight excluding hydrogens is 304 g/mol. The van der Waals surface area contributed by atoms with Crippen LogP contribution in [0.3, 0.4) is 0 Å². The van der Waals surface area contributed by atoms with E-state index in [1.165, 1.54) is 6.92 Å². The second-order valence-corrected chi connectivity index (χ2v) is 6.10. The van der Waals surface area contributed by atoms with E-state index >= 15 is 0 Å².